The number of hydrogen-bond acceptors (Lipinski definition) is 3. The van der Waals surface area contributed by atoms with Gasteiger partial charge in [-0.15, -0.1) is 16.7 Å². The second kappa shape index (κ2) is 4.18. The Labute approximate surface area is 92.8 Å². The zero-order valence-electron chi connectivity index (χ0n) is 8.53. The highest BCUT2D eigenvalue weighted by Gasteiger charge is 2.19. The maximum atomic E-state index is 11.4. The van der Waals surface area contributed by atoms with Crippen LogP contribution in [-0.4, -0.2) is 26.4 Å². The number of halogens is 1. The number of alkyl halides is 1. The van der Waals surface area contributed by atoms with Gasteiger partial charge in [0.1, 0.15) is 5.38 Å². The molecule has 1 N–H and O–H groups in total. The van der Waals surface area contributed by atoms with E-state index in [0.717, 1.165) is 37.1 Å². The summed E-state index contributed by atoms with van der Waals surface area (Å²) in [4.78, 5) is 12.8. The van der Waals surface area contributed by atoms with Gasteiger partial charge < -0.3 is 0 Å². The van der Waals surface area contributed by atoms with Crippen LogP contribution in [-0.2, 0) is 17.6 Å². The summed E-state index contributed by atoms with van der Waals surface area (Å²) < 4.78 is 0. The molecule has 0 saturated heterocycles. The van der Waals surface area contributed by atoms with Gasteiger partial charge in [-0.1, -0.05) is 0 Å². The molecule has 0 radical (unpaired) electrons. The zero-order valence-corrected chi connectivity index (χ0v) is 9.29. The lowest BCUT2D eigenvalue weighted by atomic mass is 10.0. The molecule has 5 nitrogen and oxygen atoms in total. The van der Waals surface area contributed by atoms with Gasteiger partial charge in [0.05, 0.1) is 11.4 Å². The minimum atomic E-state index is -0.562. The monoisotopic (exact) mass is 228 g/mol. The van der Waals surface area contributed by atoms with Crippen molar-refractivity contribution in [2.45, 2.75) is 38.0 Å². The molecule has 1 aliphatic carbocycles. The number of nitrogens with one attached hydrogen (secondary N) is 1. The lowest BCUT2D eigenvalue weighted by Crippen LogP contribution is -2.31. The molecule has 2 rings (SSSR count). The molecule has 1 aromatic heterocycles. The van der Waals surface area contributed by atoms with Crippen molar-refractivity contribution in [1.82, 2.24) is 15.1 Å². The maximum Gasteiger partial charge on any atom is 0.257 e. The van der Waals surface area contributed by atoms with Crippen molar-refractivity contribution < 1.29 is 4.79 Å². The normalized spacial score (nSPS) is 16.9. The highest BCUT2D eigenvalue weighted by Crippen LogP contribution is 2.17. The summed E-state index contributed by atoms with van der Waals surface area (Å²) in [6, 6.07) is 0. The number of aryl methyl sites for hydroxylation is 1. The van der Waals surface area contributed by atoms with E-state index in [4.69, 9.17) is 11.6 Å². The standard InChI is InChI=1S/C9H13ClN4O/c1-6(10)9(15)12-14-8-5-3-2-4-7(8)11-13-14/h6H,2-5H2,1H3,(H,12,15)/t6-/m1/s1. The molecule has 0 bridgehead atoms. The number of carbonyl (C=O) groups is 1. The lowest BCUT2D eigenvalue weighted by molar-refractivity contribution is -0.116. The molecule has 0 saturated carbocycles. The molecular weight excluding hydrogens is 216 g/mol. The second-order valence-corrected chi connectivity index (χ2v) is 4.35. The molecule has 1 amide bonds. The molecule has 1 aromatic rings. The van der Waals surface area contributed by atoms with Crippen LogP contribution in [0.25, 0.3) is 0 Å². The Balaban J connectivity index is 2.15. The summed E-state index contributed by atoms with van der Waals surface area (Å²) in [6.07, 6.45) is 4.12. The van der Waals surface area contributed by atoms with Gasteiger partial charge >= 0.3 is 0 Å². The fraction of sp³-hybridized carbons (Fsp3) is 0.667. The maximum absolute atomic E-state index is 11.4. The summed E-state index contributed by atoms with van der Waals surface area (Å²) >= 11 is 5.65. The summed E-state index contributed by atoms with van der Waals surface area (Å²) in [5.74, 6) is -0.255. The number of hydrogen-bond donors (Lipinski definition) is 1. The third-order valence-corrected chi connectivity index (χ3v) is 2.70. The summed E-state index contributed by atoms with van der Waals surface area (Å²) in [7, 11) is 0. The van der Waals surface area contributed by atoms with Crippen LogP contribution in [0.1, 0.15) is 31.2 Å². The summed E-state index contributed by atoms with van der Waals surface area (Å²) in [5, 5.41) is 7.36. The number of fused-ring (bicyclic) bond motifs is 1. The molecule has 0 aliphatic heterocycles. The largest absolute Gasteiger partial charge is 0.271 e. The van der Waals surface area contributed by atoms with Gasteiger partial charge in [0, 0.05) is 0 Å². The molecule has 0 aromatic carbocycles. The van der Waals surface area contributed by atoms with Crippen molar-refractivity contribution in [3.05, 3.63) is 11.4 Å². The first-order chi connectivity index (χ1) is 7.18. The van der Waals surface area contributed by atoms with Gasteiger partial charge in [-0.2, -0.15) is 4.79 Å². The van der Waals surface area contributed by atoms with Crippen molar-refractivity contribution in [2.24, 2.45) is 0 Å². The van der Waals surface area contributed by atoms with Crippen LogP contribution in [0.4, 0.5) is 0 Å². The van der Waals surface area contributed by atoms with Gasteiger partial charge in [0.25, 0.3) is 5.91 Å². The van der Waals surface area contributed by atoms with Crippen molar-refractivity contribution in [3.8, 4) is 0 Å². The van der Waals surface area contributed by atoms with Gasteiger partial charge in [-0.25, -0.2) is 5.43 Å². The number of rotatable bonds is 2. The number of carbonyl (C=O) groups excluding carboxylic acids is 1. The molecule has 0 fully saturated rings. The van der Waals surface area contributed by atoms with Crippen LogP contribution < -0.4 is 5.43 Å². The van der Waals surface area contributed by atoms with Crippen LogP contribution in [0.15, 0.2) is 0 Å². The average molecular weight is 229 g/mol. The van der Waals surface area contributed by atoms with Crippen LogP contribution in [0.3, 0.4) is 0 Å². The van der Waals surface area contributed by atoms with E-state index in [2.05, 4.69) is 15.7 Å². The van der Waals surface area contributed by atoms with Gasteiger partial charge in [-0.05, 0) is 37.8 Å². The Morgan fingerprint density at radius 3 is 3.00 bits per heavy atom. The van der Waals surface area contributed by atoms with E-state index in [1.54, 1.807) is 6.92 Å². The lowest BCUT2D eigenvalue weighted by Gasteiger charge is -2.12. The predicted molar refractivity (Wildman–Crippen MR) is 56.3 cm³/mol. The molecule has 82 valence electrons. The minimum Gasteiger partial charge on any atom is -0.271 e. The smallest absolute Gasteiger partial charge is 0.257 e. The third-order valence-electron chi connectivity index (χ3n) is 2.50. The Hall–Kier alpha value is -1.10. The average Bonchev–Trinajstić information content (AvgIpc) is 2.62. The topological polar surface area (TPSA) is 59.8 Å². The second-order valence-electron chi connectivity index (χ2n) is 3.69. The van der Waals surface area contributed by atoms with Crippen LogP contribution in [0.5, 0.6) is 0 Å². The fourth-order valence-corrected chi connectivity index (χ4v) is 1.69. The first kappa shape index (κ1) is 10.4. The van der Waals surface area contributed by atoms with Crippen LogP contribution >= 0.6 is 11.6 Å². The molecule has 1 atom stereocenters. The molecular formula is C9H13ClN4O. The molecule has 0 spiro atoms. The number of amides is 1. The van der Waals surface area contributed by atoms with E-state index in [0.29, 0.717) is 0 Å². The van der Waals surface area contributed by atoms with Crippen molar-refractivity contribution in [1.29, 1.82) is 0 Å². The number of aromatic nitrogens is 3. The molecule has 15 heavy (non-hydrogen) atoms. The SMILES string of the molecule is C[C@@H](Cl)C(=O)Nn1nnc2c1CCCC2. The quantitative estimate of drug-likeness (QED) is 0.764. The van der Waals surface area contributed by atoms with Crippen LogP contribution in [0.2, 0.25) is 0 Å². The Morgan fingerprint density at radius 1 is 1.53 bits per heavy atom. The highest BCUT2D eigenvalue weighted by atomic mass is 35.5. The first-order valence-corrected chi connectivity index (χ1v) is 5.50. The molecule has 0 unspecified atom stereocenters. The zero-order chi connectivity index (χ0) is 10.8. The minimum absolute atomic E-state index is 0.255. The fourth-order valence-electron chi connectivity index (χ4n) is 1.65. The number of nitrogens with zero attached hydrogens (tertiary/aromatic N) is 3. The van der Waals surface area contributed by atoms with Gasteiger partial charge in [0.15, 0.2) is 0 Å². The Kier molecular flexibility index (Phi) is 2.90. The van der Waals surface area contributed by atoms with Crippen molar-refractivity contribution >= 4 is 17.5 Å². The van der Waals surface area contributed by atoms with E-state index in [1.165, 1.54) is 4.79 Å². The van der Waals surface area contributed by atoms with Crippen molar-refractivity contribution in [3.63, 3.8) is 0 Å². The van der Waals surface area contributed by atoms with Crippen LogP contribution in [0, 0.1) is 0 Å². The Morgan fingerprint density at radius 2 is 2.27 bits per heavy atom. The molecule has 6 heteroatoms. The Bertz CT molecular complexity index is 374. The van der Waals surface area contributed by atoms with Crippen molar-refractivity contribution in [2.75, 3.05) is 5.43 Å². The first-order valence-electron chi connectivity index (χ1n) is 5.07. The van der Waals surface area contributed by atoms with E-state index < -0.39 is 5.38 Å². The van der Waals surface area contributed by atoms with E-state index in [9.17, 15) is 4.79 Å². The predicted octanol–water partition coefficient (Wildman–Crippen LogP) is 0.854. The van der Waals surface area contributed by atoms with Gasteiger partial charge in [0.2, 0.25) is 0 Å². The third kappa shape index (κ3) is 2.12. The van der Waals surface area contributed by atoms with Gasteiger partial charge in [-0.3, -0.25) is 4.79 Å². The van der Waals surface area contributed by atoms with E-state index in [-0.39, 0.29) is 5.91 Å². The molecule has 1 aliphatic rings. The summed E-state index contributed by atoms with van der Waals surface area (Å²) in [5.41, 5.74) is 4.62. The van der Waals surface area contributed by atoms with E-state index in [1.807, 2.05) is 0 Å². The molecule has 1 heterocycles. The van der Waals surface area contributed by atoms with E-state index >= 15 is 0 Å². The highest BCUT2D eigenvalue weighted by molar-refractivity contribution is 6.31. The summed E-state index contributed by atoms with van der Waals surface area (Å²) in [6.45, 7) is 1.63.